The van der Waals surface area contributed by atoms with Crippen LogP contribution in [0.3, 0.4) is 0 Å². The topological polar surface area (TPSA) is 49.8 Å². The number of hydrogen-bond donors (Lipinski definition) is 1. The van der Waals surface area contributed by atoms with Gasteiger partial charge in [-0.3, -0.25) is 9.69 Å². The van der Waals surface area contributed by atoms with Crippen molar-refractivity contribution in [3.05, 3.63) is 34.9 Å². The molecule has 1 aliphatic heterocycles. The zero-order valence-electron chi connectivity index (χ0n) is 10.2. The van der Waals surface area contributed by atoms with E-state index in [0.29, 0.717) is 24.7 Å². The predicted molar refractivity (Wildman–Crippen MR) is 68.8 cm³/mol. The monoisotopic (exact) mass is 269 g/mol. The number of carboxylic acid groups (broad SMARTS) is 1. The summed E-state index contributed by atoms with van der Waals surface area (Å²) in [4.78, 5) is 12.9. The van der Waals surface area contributed by atoms with E-state index in [1.165, 1.54) is 0 Å². The van der Waals surface area contributed by atoms with Gasteiger partial charge in [-0.1, -0.05) is 29.8 Å². The maximum absolute atomic E-state index is 11.0. The van der Waals surface area contributed by atoms with Crippen molar-refractivity contribution >= 4 is 17.6 Å². The molecule has 1 aromatic carbocycles. The molecule has 1 fully saturated rings. The number of aliphatic carboxylic acids is 1. The van der Waals surface area contributed by atoms with Crippen LogP contribution in [-0.4, -0.2) is 41.7 Å². The van der Waals surface area contributed by atoms with E-state index in [9.17, 15) is 4.79 Å². The number of carboxylic acids is 1. The van der Waals surface area contributed by atoms with Gasteiger partial charge < -0.3 is 9.84 Å². The molecule has 5 heteroatoms. The van der Waals surface area contributed by atoms with Gasteiger partial charge in [-0.15, -0.1) is 0 Å². The van der Waals surface area contributed by atoms with Crippen LogP contribution in [0.1, 0.15) is 18.6 Å². The molecule has 98 valence electrons. The second-order valence-corrected chi connectivity index (χ2v) is 4.80. The molecule has 0 amide bonds. The van der Waals surface area contributed by atoms with Crippen LogP contribution in [0.2, 0.25) is 5.02 Å². The number of benzene rings is 1. The molecule has 0 bridgehead atoms. The number of hydrogen-bond acceptors (Lipinski definition) is 3. The molecule has 0 aromatic heterocycles. The molecule has 1 heterocycles. The first-order chi connectivity index (χ1) is 8.59. The number of nitrogens with zero attached hydrogens (tertiary/aromatic N) is 1. The van der Waals surface area contributed by atoms with Crippen LogP contribution in [-0.2, 0) is 9.53 Å². The largest absolute Gasteiger partial charge is 0.480 e. The van der Waals surface area contributed by atoms with Crippen LogP contribution in [0.4, 0.5) is 0 Å². The van der Waals surface area contributed by atoms with Crippen molar-refractivity contribution in [2.24, 2.45) is 0 Å². The third kappa shape index (κ3) is 2.83. The van der Waals surface area contributed by atoms with Crippen LogP contribution >= 0.6 is 11.6 Å². The first-order valence-corrected chi connectivity index (χ1v) is 6.30. The summed E-state index contributed by atoms with van der Waals surface area (Å²) in [5.74, 6) is -0.810. The molecule has 1 aromatic rings. The van der Waals surface area contributed by atoms with E-state index in [2.05, 4.69) is 0 Å². The molecule has 0 saturated carbocycles. The Bertz CT molecular complexity index is 438. The van der Waals surface area contributed by atoms with Crippen LogP contribution < -0.4 is 0 Å². The minimum absolute atomic E-state index is 0.158. The summed E-state index contributed by atoms with van der Waals surface area (Å²) in [6.07, 6.45) is -0.158. The van der Waals surface area contributed by atoms with E-state index in [1.807, 2.05) is 29.2 Å². The number of ether oxygens (including phenoxy) is 1. The lowest BCUT2D eigenvalue weighted by Gasteiger charge is -2.35. The number of morpholine rings is 1. The molecule has 0 spiro atoms. The zero-order chi connectivity index (χ0) is 13.1. The van der Waals surface area contributed by atoms with Crippen LogP contribution in [0.15, 0.2) is 24.3 Å². The quantitative estimate of drug-likeness (QED) is 0.914. The van der Waals surface area contributed by atoms with Crippen molar-refractivity contribution < 1.29 is 14.6 Å². The van der Waals surface area contributed by atoms with Crippen molar-refractivity contribution in [3.8, 4) is 0 Å². The Morgan fingerprint density at radius 3 is 2.94 bits per heavy atom. The van der Waals surface area contributed by atoms with Gasteiger partial charge in [-0.25, -0.2) is 0 Å². The van der Waals surface area contributed by atoms with E-state index >= 15 is 0 Å². The molecule has 4 nitrogen and oxygen atoms in total. The smallest absolute Gasteiger partial charge is 0.320 e. The molecule has 18 heavy (non-hydrogen) atoms. The fraction of sp³-hybridized carbons (Fsp3) is 0.462. The third-order valence-electron chi connectivity index (χ3n) is 3.26. The van der Waals surface area contributed by atoms with Crippen LogP contribution in [0.5, 0.6) is 0 Å². The first kappa shape index (κ1) is 13.3. The highest BCUT2D eigenvalue weighted by molar-refractivity contribution is 6.31. The summed E-state index contributed by atoms with van der Waals surface area (Å²) in [5, 5.41) is 9.70. The highest BCUT2D eigenvalue weighted by Gasteiger charge is 2.29. The standard InChI is InChI=1S/C13H16ClNO3/c1-9(13(16)17)15-6-7-18-12(8-15)10-4-2-3-5-11(10)14/h2-5,9,12H,6-8H2,1H3,(H,16,17). The summed E-state index contributed by atoms with van der Waals surface area (Å²) in [7, 11) is 0. The van der Waals surface area contributed by atoms with E-state index < -0.39 is 12.0 Å². The molecule has 0 radical (unpaired) electrons. The lowest BCUT2D eigenvalue weighted by atomic mass is 10.1. The Morgan fingerprint density at radius 1 is 1.56 bits per heavy atom. The minimum Gasteiger partial charge on any atom is -0.480 e. The SMILES string of the molecule is CC(C(=O)O)N1CCOC(c2ccccc2Cl)C1. The van der Waals surface area contributed by atoms with Gasteiger partial charge in [-0.2, -0.15) is 0 Å². The van der Waals surface area contributed by atoms with Crippen molar-refractivity contribution in [2.75, 3.05) is 19.7 Å². The Hall–Kier alpha value is -1.10. The number of halogens is 1. The Morgan fingerprint density at radius 2 is 2.28 bits per heavy atom. The average molecular weight is 270 g/mol. The maximum Gasteiger partial charge on any atom is 0.320 e. The molecule has 2 atom stereocenters. The average Bonchev–Trinajstić information content (AvgIpc) is 2.38. The zero-order valence-corrected chi connectivity index (χ0v) is 10.9. The predicted octanol–water partition coefficient (Wildman–Crippen LogP) is 2.19. The van der Waals surface area contributed by atoms with Gasteiger partial charge in [0, 0.05) is 23.7 Å². The van der Waals surface area contributed by atoms with Gasteiger partial charge in [0.15, 0.2) is 0 Å². The van der Waals surface area contributed by atoms with Gasteiger partial charge in [0.05, 0.1) is 12.7 Å². The summed E-state index contributed by atoms with van der Waals surface area (Å²) in [6.45, 7) is 3.40. The lowest BCUT2D eigenvalue weighted by molar-refractivity contribution is -0.145. The Balaban J connectivity index is 2.12. The number of carbonyl (C=O) groups is 1. The summed E-state index contributed by atoms with van der Waals surface area (Å²) >= 11 is 6.13. The fourth-order valence-electron chi connectivity index (χ4n) is 2.10. The minimum atomic E-state index is -0.810. The second kappa shape index (κ2) is 5.69. The van der Waals surface area contributed by atoms with Crippen LogP contribution in [0.25, 0.3) is 0 Å². The lowest BCUT2D eigenvalue weighted by Crippen LogP contribution is -2.46. The highest BCUT2D eigenvalue weighted by atomic mass is 35.5. The summed E-state index contributed by atoms with van der Waals surface area (Å²) in [6, 6.07) is 7.01. The highest BCUT2D eigenvalue weighted by Crippen LogP contribution is 2.28. The van der Waals surface area contributed by atoms with Crippen molar-refractivity contribution in [1.29, 1.82) is 0 Å². The van der Waals surface area contributed by atoms with Gasteiger partial charge in [0.25, 0.3) is 0 Å². The van der Waals surface area contributed by atoms with Gasteiger partial charge in [-0.05, 0) is 13.0 Å². The molecule has 1 N–H and O–H groups in total. The summed E-state index contributed by atoms with van der Waals surface area (Å²) < 4.78 is 5.69. The molecule has 1 aliphatic rings. The molecule has 2 rings (SSSR count). The second-order valence-electron chi connectivity index (χ2n) is 4.39. The Labute approximate surface area is 111 Å². The third-order valence-corrected chi connectivity index (χ3v) is 3.60. The van der Waals surface area contributed by atoms with Crippen LogP contribution in [0, 0.1) is 0 Å². The number of rotatable bonds is 3. The molecular weight excluding hydrogens is 254 g/mol. The van der Waals surface area contributed by atoms with Crippen molar-refractivity contribution in [3.63, 3.8) is 0 Å². The Kier molecular flexibility index (Phi) is 4.22. The molecule has 1 saturated heterocycles. The summed E-state index contributed by atoms with van der Waals surface area (Å²) in [5.41, 5.74) is 0.918. The normalized spacial score (nSPS) is 22.7. The van der Waals surface area contributed by atoms with Crippen molar-refractivity contribution in [1.82, 2.24) is 4.90 Å². The molecular formula is C13H16ClNO3. The molecule has 0 aliphatic carbocycles. The first-order valence-electron chi connectivity index (χ1n) is 5.92. The van der Waals surface area contributed by atoms with Gasteiger partial charge in [0.1, 0.15) is 6.04 Å². The van der Waals surface area contributed by atoms with Crippen molar-refractivity contribution in [2.45, 2.75) is 19.1 Å². The van der Waals surface area contributed by atoms with E-state index in [0.717, 1.165) is 5.56 Å². The van der Waals surface area contributed by atoms with E-state index in [-0.39, 0.29) is 6.10 Å². The van der Waals surface area contributed by atoms with E-state index in [1.54, 1.807) is 6.92 Å². The molecule has 2 unspecified atom stereocenters. The fourth-order valence-corrected chi connectivity index (χ4v) is 2.36. The maximum atomic E-state index is 11.0. The van der Waals surface area contributed by atoms with E-state index in [4.69, 9.17) is 21.4 Å². The van der Waals surface area contributed by atoms with Gasteiger partial charge >= 0.3 is 5.97 Å². The van der Waals surface area contributed by atoms with Gasteiger partial charge in [0.2, 0.25) is 0 Å².